The zero-order valence-corrected chi connectivity index (χ0v) is 13.9. The molecule has 1 aliphatic carbocycles. The molecule has 0 N–H and O–H groups in total. The van der Waals surface area contributed by atoms with Crippen LogP contribution in [0.15, 0.2) is 23.0 Å². The van der Waals surface area contributed by atoms with Crippen LogP contribution in [0.4, 0.5) is 0 Å². The lowest BCUT2D eigenvalue weighted by Crippen LogP contribution is -2.47. The van der Waals surface area contributed by atoms with E-state index in [1.165, 1.54) is 5.56 Å². The van der Waals surface area contributed by atoms with Crippen molar-refractivity contribution in [3.05, 3.63) is 24.2 Å². The normalized spacial score (nSPS) is 27.8. The number of morpholine rings is 1. The van der Waals surface area contributed by atoms with E-state index in [2.05, 4.69) is 4.90 Å². The van der Waals surface area contributed by atoms with Crippen molar-refractivity contribution in [1.29, 1.82) is 0 Å². The van der Waals surface area contributed by atoms with Gasteiger partial charge in [0, 0.05) is 38.8 Å². The predicted octanol–water partition coefficient (Wildman–Crippen LogP) is 1.36. The van der Waals surface area contributed by atoms with Crippen LogP contribution in [0.5, 0.6) is 0 Å². The maximum absolute atomic E-state index is 11.6. The third-order valence-corrected chi connectivity index (χ3v) is 4.79. The summed E-state index contributed by atoms with van der Waals surface area (Å²) in [6.07, 6.45) is 5.91. The van der Waals surface area contributed by atoms with Crippen LogP contribution in [0.2, 0.25) is 0 Å². The molecule has 128 valence electrons. The van der Waals surface area contributed by atoms with Crippen molar-refractivity contribution < 1.29 is 18.7 Å². The van der Waals surface area contributed by atoms with Crippen LogP contribution >= 0.6 is 0 Å². The quantitative estimate of drug-likeness (QED) is 0.792. The molecule has 1 aliphatic heterocycles. The Morgan fingerprint density at radius 3 is 3.04 bits per heavy atom. The molecule has 6 nitrogen and oxygen atoms in total. The fourth-order valence-corrected chi connectivity index (χ4v) is 3.52. The van der Waals surface area contributed by atoms with E-state index in [1.54, 1.807) is 25.3 Å². The fraction of sp³-hybridized carbons (Fsp3) is 0.706. The van der Waals surface area contributed by atoms with E-state index in [-0.39, 0.29) is 18.6 Å². The maximum Gasteiger partial charge on any atom is 0.248 e. The van der Waals surface area contributed by atoms with E-state index in [9.17, 15) is 4.79 Å². The van der Waals surface area contributed by atoms with Gasteiger partial charge in [-0.05, 0) is 24.8 Å². The first-order valence-corrected chi connectivity index (χ1v) is 8.28. The smallest absolute Gasteiger partial charge is 0.248 e. The van der Waals surface area contributed by atoms with E-state index in [0.29, 0.717) is 18.6 Å². The highest BCUT2D eigenvalue weighted by Crippen LogP contribution is 2.35. The van der Waals surface area contributed by atoms with Crippen LogP contribution < -0.4 is 0 Å². The van der Waals surface area contributed by atoms with E-state index < -0.39 is 0 Å². The molecule has 1 saturated carbocycles. The van der Waals surface area contributed by atoms with Crippen molar-refractivity contribution in [3.63, 3.8) is 0 Å². The maximum atomic E-state index is 11.6. The van der Waals surface area contributed by atoms with Gasteiger partial charge in [-0.25, -0.2) is 0 Å². The van der Waals surface area contributed by atoms with E-state index in [4.69, 9.17) is 13.9 Å². The Kier molecular flexibility index (Phi) is 5.35. The first-order chi connectivity index (χ1) is 11.1. The molecule has 6 heteroatoms. The van der Waals surface area contributed by atoms with Gasteiger partial charge in [0.05, 0.1) is 31.8 Å². The Labute approximate surface area is 137 Å². The first kappa shape index (κ1) is 16.5. The van der Waals surface area contributed by atoms with Gasteiger partial charge in [0.2, 0.25) is 5.91 Å². The molecular weight excluding hydrogens is 296 g/mol. The van der Waals surface area contributed by atoms with Crippen molar-refractivity contribution in [2.45, 2.75) is 31.5 Å². The lowest BCUT2D eigenvalue weighted by Gasteiger charge is -2.37. The fourth-order valence-electron chi connectivity index (χ4n) is 3.52. The second-order valence-electron chi connectivity index (χ2n) is 6.72. The minimum Gasteiger partial charge on any atom is -0.472 e. The van der Waals surface area contributed by atoms with Gasteiger partial charge in [0.1, 0.15) is 6.61 Å². The van der Waals surface area contributed by atoms with Gasteiger partial charge in [-0.2, -0.15) is 0 Å². The van der Waals surface area contributed by atoms with Gasteiger partial charge >= 0.3 is 0 Å². The van der Waals surface area contributed by atoms with Crippen LogP contribution in [0.1, 0.15) is 18.4 Å². The molecule has 2 fully saturated rings. The average molecular weight is 322 g/mol. The number of rotatable bonds is 6. The summed E-state index contributed by atoms with van der Waals surface area (Å²) in [6, 6.07) is 2.46. The second-order valence-corrected chi connectivity index (χ2v) is 6.72. The lowest BCUT2D eigenvalue weighted by molar-refractivity contribution is -0.134. The number of hydrogen-bond donors (Lipinski definition) is 0. The summed E-state index contributed by atoms with van der Waals surface area (Å²) in [7, 11) is 3.49. The minimum atomic E-state index is 0.0123. The highest BCUT2D eigenvalue weighted by molar-refractivity contribution is 5.76. The van der Waals surface area contributed by atoms with Crippen molar-refractivity contribution in [2.75, 3.05) is 40.5 Å². The summed E-state index contributed by atoms with van der Waals surface area (Å²) in [6.45, 7) is 3.45. The van der Waals surface area contributed by atoms with Crippen molar-refractivity contribution >= 4 is 5.91 Å². The molecule has 3 atom stereocenters. The number of likely N-dealkylation sites (N-methyl/N-ethyl adjacent to an activating group) is 1. The summed E-state index contributed by atoms with van der Waals surface area (Å²) < 4.78 is 16.7. The predicted molar refractivity (Wildman–Crippen MR) is 84.9 cm³/mol. The number of nitrogens with zero attached hydrogens (tertiary/aromatic N) is 2. The number of amides is 1. The Morgan fingerprint density at radius 2 is 2.30 bits per heavy atom. The van der Waals surface area contributed by atoms with Crippen molar-refractivity contribution in [2.24, 2.45) is 5.92 Å². The van der Waals surface area contributed by atoms with E-state index in [1.807, 2.05) is 12.3 Å². The largest absolute Gasteiger partial charge is 0.472 e. The van der Waals surface area contributed by atoms with Crippen LogP contribution in [0.25, 0.3) is 0 Å². The minimum absolute atomic E-state index is 0.0123. The molecule has 0 unspecified atom stereocenters. The Balaban J connectivity index is 1.49. The zero-order valence-electron chi connectivity index (χ0n) is 13.9. The van der Waals surface area contributed by atoms with Crippen LogP contribution in [0.3, 0.4) is 0 Å². The van der Waals surface area contributed by atoms with Gasteiger partial charge < -0.3 is 18.8 Å². The average Bonchev–Trinajstić information content (AvgIpc) is 3.16. The molecule has 0 spiro atoms. The molecule has 3 rings (SSSR count). The summed E-state index contributed by atoms with van der Waals surface area (Å²) in [5.74, 6) is 0.475. The Bertz CT molecular complexity index is 503. The second kappa shape index (κ2) is 7.47. The highest BCUT2D eigenvalue weighted by Gasteiger charge is 2.41. The Morgan fingerprint density at radius 1 is 1.43 bits per heavy atom. The summed E-state index contributed by atoms with van der Waals surface area (Å²) in [4.78, 5) is 15.6. The van der Waals surface area contributed by atoms with Gasteiger partial charge in [-0.15, -0.1) is 0 Å². The highest BCUT2D eigenvalue weighted by atomic mass is 16.5. The topological polar surface area (TPSA) is 55.2 Å². The lowest BCUT2D eigenvalue weighted by atomic mass is 10.1. The third kappa shape index (κ3) is 4.13. The SMILES string of the molecule is CN(C)C(=O)COC[C@@H]1C[C@H]2OCCN(Cc3ccoc3)[C@H]2C1. The molecule has 2 aliphatic rings. The standard InChI is InChI=1S/C17H26N2O4/c1-18(2)17(20)12-22-11-14-7-15-16(8-14)23-6-4-19(15)9-13-3-5-21-10-13/h3,5,10,14-16H,4,6-9,11-12H2,1-2H3/t14-,15-,16+/m0/s1. The molecule has 0 radical (unpaired) electrons. The molecule has 1 aromatic rings. The van der Waals surface area contributed by atoms with Gasteiger partial charge in [-0.3, -0.25) is 9.69 Å². The molecule has 1 aromatic heterocycles. The van der Waals surface area contributed by atoms with Crippen LogP contribution in [0, 0.1) is 5.92 Å². The van der Waals surface area contributed by atoms with Crippen LogP contribution in [-0.2, 0) is 20.8 Å². The van der Waals surface area contributed by atoms with Crippen molar-refractivity contribution in [3.8, 4) is 0 Å². The zero-order chi connectivity index (χ0) is 16.2. The number of carbonyl (C=O) groups excluding carboxylic acids is 1. The number of carbonyl (C=O) groups is 1. The summed E-state index contributed by atoms with van der Waals surface area (Å²) in [5, 5.41) is 0. The van der Waals surface area contributed by atoms with E-state index in [0.717, 1.165) is 32.5 Å². The number of furan rings is 1. The molecule has 0 bridgehead atoms. The van der Waals surface area contributed by atoms with E-state index >= 15 is 0 Å². The number of ether oxygens (including phenoxy) is 2. The Hall–Kier alpha value is -1.37. The van der Waals surface area contributed by atoms with Crippen molar-refractivity contribution in [1.82, 2.24) is 9.80 Å². The molecular formula is C17H26N2O4. The van der Waals surface area contributed by atoms with Crippen LogP contribution in [-0.4, -0.2) is 68.3 Å². The van der Waals surface area contributed by atoms with Gasteiger partial charge in [-0.1, -0.05) is 0 Å². The summed E-state index contributed by atoms with van der Waals surface area (Å²) >= 11 is 0. The number of fused-ring (bicyclic) bond motifs is 1. The molecule has 1 amide bonds. The van der Waals surface area contributed by atoms with Gasteiger partial charge in [0.25, 0.3) is 0 Å². The first-order valence-electron chi connectivity index (χ1n) is 8.28. The molecule has 1 saturated heterocycles. The van der Waals surface area contributed by atoms with Gasteiger partial charge in [0.15, 0.2) is 0 Å². The summed E-state index contributed by atoms with van der Waals surface area (Å²) in [5.41, 5.74) is 1.21. The monoisotopic (exact) mass is 322 g/mol. The molecule has 23 heavy (non-hydrogen) atoms. The third-order valence-electron chi connectivity index (χ3n) is 4.79. The molecule has 0 aromatic carbocycles. The molecule has 2 heterocycles. The number of hydrogen-bond acceptors (Lipinski definition) is 5.